The molecule has 0 amide bonds. The summed E-state index contributed by atoms with van der Waals surface area (Å²) in [5.41, 5.74) is 1.01. The topological polar surface area (TPSA) is 55.6 Å². The second-order valence-corrected chi connectivity index (χ2v) is 5.54. The summed E-state index contributed by atoms with van der Waals surface area (Å²) in [6.45, 7) is 2.18. The van der Waals surface area contributed by atoms with Crippen molar-refractivity contribution in [1.29, 1.82) is 0 Å². The van der Waals surface area contributed by atoms with Gasteiger partial charge in [-0.05, 0) is 48.5 Å². The molecule has 0 bridgehead atoms. The summed E-state index contributed by atoms with van der Waals surface area (Å²) in [6, 6.07) is 10.0. The lowest BCUT2D eigenvalue weighted by atomic mass is 10.2. The van der Waals surface area contributed by atoms with Crippen LogP contribution in [0.2, 0.25) is 0 Å². The number of benzene rings is 1. The van der Waals surface area contributed by atoms with Crippen LogP contribution in [0, 0.1) is 0 Å². The van der Waals surface area contributed by atoms with Gasteiger partial charge in [0.25, 0.3) is 0 Å². The highest BCUT2D eigenvalue weighted by Gasteiger charge is 2.18. The number of nitrogens with one attached hydrogen (secondary N) is 1. The fourth-order valence-corrected chi connectivity index (χ4v) is 3.14. The summed E-state index contributed by atoms with van der Waals surface area (Å²) in [5, 5.41) is 16.9. The molecule has 1 saturated heterocycles. The summed E-state index contributed by atoms with van der Waals surface area (Å²) in [6.07, 6.45) is 2.35. The molecule has 2 aromatic rings. The van der Waals surface area contributed by atoms with Crippen LogP contribution < -0.4 is 5.32 Å². The van der Waals surface area contributed by atoms with Crippen molar-refractivity contribution in [1.82, 2.24) is 25.5 Å². The van der Waals surface area contributed by atoms with Crippen LogP contribution in [0.15, 0.2) is 35.5 Å². The monoisotopic (exact) mass is 261 g/mol. The number of nitrogens with zero attached hydrogens (tertiary/aromatic N) is 4. The molecule has 2 heterocycles. The molecule has 1 aromatic carbocycles. The molecule has 5 nitrogen and oxygen atoms in total. The van der Waals surface area contributed by atoms with E-state index in [-0.39, 0.29) is 0 Å². The van der Waals surface area contributed by atoms with Gasteiger partial charge < -0.3 is 5.32 Å². The molecule has 1 aliphatic rings. The van der Waals surface area contributed by atoms with Crippen LogP contribution in [-0.2, 0) is 0 Å². The molecule has 18 heavy (non-hydrogen) atoms. The van der Waals surface area contributed by atoms with Gasteiger partial charge in [0.15, 0.2) is 0 Å². The SMILES string of the molecule is c1ccc(-n2nnnc2SC2CCNCC2)cc1. The first kappa shape index (κ1) is 11.7. The van der Waals surface area contributed by atoms with Crippen molar-refractivity contribution in [3.63, 3.8) is 0 Å². The van der Waals surface area contributed by atoms with E-state index in [1.165, 1.54) is 12.8 Å². The highest BCUT2D eigenvalue weighted by molar-refractivity contribution is 7.99. The standard InChI is InChI=1S/C12H15N5S/c1-2-4-10(5-3-1)17-12(14-15-16-17)18-11-6-8-13-9-7-11/h1-5,11,13H,6-9H2. The normalized spacial score (nSPS) is 16.9. The maximum atomic E-state index is 4.13. The molecular formula is C12H15N5S. The number of rotatable bonds is 3. The number of para-hydroxylation sites is 1. The van der Waals surface area contributed by atoms with E-state index in [0.29, 0.717) is 5.25 Å². The van der Waals surface area contributed by atoms with Crippen molar-refractivity contribution in [3.8, 4) is 5.69 Å². The Morgan fingerprint density at radius 3 is 2.72 bits per heavy atom. The van der Waals surface area contributed by atoms with Gasteiger partial charge in [0.1, 0.15) is 0 Å². The Balaban J connectivity index is 1.79. The van der Waals surface area contributed by atoms with Gasteiger partial charge in [-0.15, -0.1) is 5.10 Å². The van der Waals surface area contributed by atoms with Crippen LogP contribution in [0.4, 0.5) is 0 Å². The second-order valence-electron chi connectivity index (χ2n) is 4.28. The predicted octanol–water partition coefficient (Wildman–Crippen LogP) is 1.51. The fourth-order valence-electron chi connectivity index (χ4n) is 2.05. The smallest absolute Gasteiger partial charge is 0.214 e. The summed E-state index contributed by atoms with van der Waals surface area (Å²) in [5.74, 6) is 0. The van der Waals surface area contributed by atoms with E-state index >= 15 is 0 Å². The molecule has 0 saturated carbocycles. The van der Waals surface area contributed by atoms with E-state index in [0.717, 1.165) is 23.9 Å². The molecule has 94 valence electrons. The highest BCUT2D eigenvalue weighted by atomic mass is 32.2. The first-order valence-electron chi connectivity index (χ1n) is 6.14. The Bertz CT molecular complexity index is 492. The van der Waals surface area contributed by atoms with E-state index in [1.807, 2.05) is 35.0 Å². The number of aromatic nitrogens is 4. The molecule has 0 atom stereocenters. The number of thioether (sulfide) groups is 1. The van der Waals surface area contributed by atoms with Crippen LogP contribution in [0.5, 0.6) is 0 Å². The van der Waals surface area contributed by atoms with Gasteiger partial charge in [-0.3, -0.25) is 0 Å². The number of hydrogen-bond donors (Lipinski definition) is 1. The van der Waals surface area contributed by atoms with Crippen LogP contribution in [0.1, 0.15) is 12.8 Å². The first-order chi connectivity index (χ1) is 8.93. The molecule has 3 rings (SSSR count). The molecule has 1 aromatic heterocycles. The zero-order valence-electron chi connectivity index (χ0n) is 9.99. The Morgan fingerprint density at radius 1 is 1.17 bits per heavy atom. The van der Waals surface area contributed by atoms with Crippen molar-refractivity contribution in [2.45, 2.75) is 23.2 Å². The zero-order valence-corrected chi connectivity index (χ0v) is 10.8. The lowest BCUT2D eigenvalue weighted by Gasteiger charge is -2.21. The maximum Gasteiger partial charge on any atom is 0.214 e. The van der Waals surface area contributed by atoms with E-state index in [2.05, 4.69) is 20.8 Å². The van der Waals surface area contributed by atoms with E-state index in [4.69, 9.17) is 0 Å². The Morgan fingerprint density at radius 2 is 1.94 bits per heavy atom. The third-order valence-corrected chi connectivity index (χ3v) is 4.27. The summed E-state index contributed by atoms with van der Waals surface area (Å²) < 4.78 is 1.81. The molecular weight excluding hydrogens is 246 g/mol. The summed E-state index contributed by atoms with van der Waals surface area (Å²) in [7, 11) is 0. The van der Waals surface area contributed by atoms with Gasteiger partial charge in [0.2, 0.25) is 5.16 Å². The third kappa shape index (κ3) is 2.54. The fraction of sp³-hybridized carbons (Fsp3) is 0.417. The minimum absolute atomic E-state index is 0.611. The lowest BCUT2D eigenvalue weighted by molar-refractivity contribution is 0.530. The highest BCUT2D eigenvalue weighted by Crippen LogP contribution is 2.27. The van der Waals surface area contributed by atoms with Crippen LogP contribution >= 0.6 is 11.8 Å². The molecule has 1 aliphatic heterocycles. The summed E-state index contributed by atoms with van der Waals surface area (Å²) >= 11 is 1.78. The van der Waals surface area contributed by atoms with Crippen LogP contribution in [0.25, 0.3) is 5.69 Å². The molecule has 0 aliphatic carbocycles. The molecule has 0 radical (unpaired) electrons. The lowest BCUT2D eigenvalue weighted by Crippen LogP contribution is -2.29. The second kappa shape index (κ2) is 5.49. The van der Waals surface area contributed by atoms with Crippen molar-refractivity contribution < 1.29 is 0 Å². The van der Waals surface area contributed by atoms with Gasteiger partial charge in [0, 0.05) is 5.25 Å². The van der Waals surface area contributed by atoms with Gasteiger partial charge in [-0.2, -0.15) is 4.68 Å². The zero-order chi connectivity index (χ0) is 12.2. The van der Waals surface area contributed by atoms with Crippen molar-refractivity contribution in [2.75, 3.05) is 13.1 Å². The van der Waals surface area contributed by atoms with Crippen molar-refractivity contribution in [2.24, 2.45) is 0 Å². The first-order valence-corrected chi connectivity index (χ1v) is 7.02. The minimum Gasteiger partial charge on any atom is -0.317 e. The van der Waals surface area contributed by atoms with Gasteiger partial charge in [-0.1, -0.05) is 30.0 Å². The predicted molar refractivity (Wildman–Crippen MR) is 70.9 cm³/mol. The summed E-state index contributed by atoms with van der Waals surface area (Å²) in [4.78, 5) is 0. The van der Waals surface area contributed by atoms with Crippen LogP contribution in [0.3, 0.4) is 0 Å². The number of hydrogen-bond acceptors (Lipinski definition) is 5. The van der Waals surface area contributed by atoms with Crippen molar-refractivity contribution in [3.05, 3.63) is 30.3 Å². The molecule has 1 fully saturated rings. The Hall–Kier alpha value is -1.40. The van der Waals surface area contributed by atoms with E-state index in [9.17, 15) is 0 Å². The average Bonchev–Trinajstić information content (AvgIpc) is 2.89. The van der Waals surface area contributed by atoms with Gasteiger partial charge >= 0.3 is 0 Å². The largest absolute Gasteiger partial charge is 0.317 e. The van der Waals surface area contributed by atoms with Crippen molar-refractivity contribution >= 4 is 11.8 Å². The number of tetrazole rings is 1. The Kier molecular flexibility index (Phi) is 3.56. The van der Waals surface area contributed by atoms with E-state index in [1.54, 1.807) is 11.8 Å². The van der Waals surface area contributed by atoms with Crippen LogP contribution in [-0.4, -0.2) is 38.5 Å². The average molecular weight is 261 g/mol. The molecule has 1 N–H and O–H groups in total. The minimum atomic E-state index is 0.611. The maximum absolute atomic E-state index is 4.13. The van der Waals surface area contributed by atoms with E-state index < -0.39 is 0 Å². The van der Waals surface area contributed by atoms with Gasteiger partial charge in [0.05, 0.1) is 5.69 Å². The molecule has 0 unspecified atom stereocenters. The number of piperidine rings is 1. The Labute approximate surface area is 110 Å². The third-order valence-electron chi connectivity index (χ3n) is 3.00. The quantitative estimate of drug-likeness (QED) is 0.907. The molecule has 0 spiro atoms. The molecule has 6 heteroatoms. The van der Waals surface area contributed by atoms with Gasteiger partial charge in [-0.25, -0.2) is 0 Å².